The standard InChI is InChI=1S/C17H23N3O2.ClH/c21-16-2-1-11-20(16)15-5-3-14(4-6-15)17(22)19-10-8-13-7-9-18-12-13;/h3-6,13,18H,1-2,7-12H2,(H,19,22);1H. The van der Waals surface area contributed by atoms with Crippen LogP contribution in [0.5, 0.6) is 0 Å². The van der Waals surface area contributed by atoms with Gasteiger partial charge in [0.25, 0.3) is 5.91 Å². The van der Waals surface area contributed by atoms with E-state index in [1.165, 1.54) is 6.42 Å². The Morgan fingerprint density at radius 1 is 1.30 bits per heavy atom. The molecule has 3 rings (SSSR count). The summed E-state index contributed by atoms with van der Waals surface area (Å²) < 4.78 is 0. The van der Waals surface area contributed by atoms with Crippen molar-refractivity contribution in [1.82, 2.24) is 10.6 Å². The van der Waals surface area contributed by atoms with Gasteiger partial charge in [-0.25, -0.2) is 0 Å². The van der Waals surface area contributed by atoms with E-state index in [0.717, 1.165) is 44.7 Å². The fourth-order valence-corrected chi connectivity index (χ4v) is 3.17. The predicted octanol–water partition coefficient (Wildman–Crippen LogP) is 1.96. The zero-order valence-corrected chi connectivity index (χ0v) is 14.0. The maximum absolute atomic E-state index is 12.1. The van der Waals surface area contributed by atoms with Gasteiger partial charge in [0.1, 0.15) is 0 Å². The Kier molecular flexibility index (Phi) is 6.42. The summed E-state index contributed by atoms with van der Waals surface area (Å²) in [5.41, 5.74) is 1.54. The first-order valence-corrected chi connectivity index (χ1v) is 8.13. The number of halogens is 1. The number of rotatable bonds is 5. The van der Waals surface area contributed by atoms with Gasteiger partial charge < -0.3 is 15.5 Å². The summed E-state index contributed by atoms with van der Waals surface area (Å²) in [4.78, 5) is 25.6. The predicted molar refractivity (Wildman–Crippen MR) is 93.2 cm³/mol. The van der Waals surface area contributed by atoms with Crippen molar-refractivity contribution in [2.45, 2.75) is 25.7 Å². The SMILES string of the molecule is Cl.O=C(NCCC1CCNC1)c1ccc(N2CCCC2=O)cc1. The van der Waals surface area contributed by atoms with E-state index in [0.29, 0.717) is 17.9 Å². The third-order valence-corrected chi connectivity index (χ3v) is 4.52. The van der Waals surface area contributed by atoms with E-state index in [-0.39, 0.29) is 24.2 Å². The van der Waals surface area contributed by atoms with E-state index in [4.69, 9.17) is 0 Å². The van der Waals surface area contributed by atoms with Gasteiger partial charge in [-0.3, -0.25) is 9.59 Å². The lowest BCUT2D eigenvalue weighted by Crippen LogP contribution is -2.27. The number of carbonyl (C=O) groups excluding carboxylic acids is 2. The molecule has 2 fully saturated rings. The van der Waals surface area contributed by atoms with Gasteiger partial charge in [0.15, 0.2) is 0 Å². The quantitative estimate of drug-likeness (QED) is 0.863. The van der Waals surface area contributed by atoms with Gasteiger partial charge >= 0.3 is 0 Å². The molecule has 2 N–H and O–H groups in total. The van der Waals surface area contributed by atoms with Crippen molar-refractivity contribution in [1.29, 1.82) is 0 Å². The minimum atomic E-state index is -0.0368. The van der Waals surface area contributed by atoms with Crippen LogP contribution >= 0.6 is 12.4 Å². The molecule has 0 bridgehead atoms. The highest BCUT2D eigenvalue weighted by atomic mass is 35.5. The van der Waals surface area contributed by atoms with Crippen LogP contribution in [0.2, 0.25) is 0 Å². The highest BCUT2D eigenvalue weighted by molar-refractivity contribution is 5.97. The maximum atomic E-state index is 12.1. The molecule has 5 nitrogen and oxygen atoms in total. The normalized spacial score (nSPS) is 20.4. The Morgan fingerprint density at radius 2 is 2.09 bits per heavy atom. The van der Waals surface area contributed by atoms with Crippen molar-refractivity contribution < 1.29 is 9.59 Å². The van der Waals surface area contributed by atoms with E-state index < -0.39 is 0 Å². The van der Waals surface area contributed by atoms with Gasteiger partial charge in [0, 0.05) is 30.8 Å². The Hall–Kier alpha value is -1.59. The van der Waals surface area contributed by atoms with Crippen molar-refractivity contribution in [3.05, 3.63) is 29.8 Å². The molecule has 6 heteroatoms. The second-order valence-electron chi connectivity index (χ2n) is 6.10. The number of hydrogen-bond donors (Lipinski definition) is 2. The van der Waals surface area contributed by atoms with Gasteiger partial charge in [0.05, 0.1) is 0 Å². The molecule has 0 radical (unpaired) electrons. The zero-order chi connectivity index (χ0) is 15.4. The van der Waals surface area contributed by atoms with Crippen LogP contribution in [0.1, 0.15) is 36.0 Å². The highest BCUT2D eigenvalue weighted by Crippen LogP contribution is 2.21. The molecule has 2 saturated heterocycles. The number of nitrogens with zero attached hydrogens (tertiary/aromatic N) is 1. The number of benzene rings is 1. The molecule has 2 amide bonds. The molecule has 1 aromatic rings. The van der Waals surface area contributed by atoms with Crippen LogP contribution in [0, 0.1) is 5.92 Å². The maximum Gasteiger partial charge on any atom is 0.251 e. The molecule has 2 aliphatic rings. The van der Waals surface area contributed by atoms with Gasteiger partial charge in [0.2, 0.25) is 5.91 Å². The van der Waals surface area contributed by atoms with Crippen LogP contribution in [0.4, 0.5) is 5.69 Å². The lowest BCUT2D eigenvalue weighted by Gasteiger charge is -2.16. The van der Waals surface area contributed by atoms with E-state index in [2.05, 4.69) is 10.6 Å². The van der Waals surface area contributed by atoms with Crippen molar-refractivity contribution in [3.63, 3.8) is 0 Å². The third-order valence-electron chi connectivity index (χ3n) is 4.52. The molecule has 1 unspecified atom stereocenters. The lowest BCUT2D eigenvalue weighted by molar-refractivity contribution is -0.117. The molecule has 126 valence electrons. The van der Waals surface area contributed by atoms with Crippen LogP contribution in [-0.4, -0.2) is 38.0 Å². The van der Waals surface area contributed by atoms with Crippen LogP contribution in [0.25, 0.3) is 0 Å². The summed E-state index contributed by atoms with van der Waals surface area (Å²) in [7, 11) is 0. The molecule has 23 heavy (non-hydrogen) atoms. The Labute approximate surface area is 143 Å². The molecule has 1 atom stereocenters. The molecule has 0 saturated carbocycles. The molecule has 1 aromatic carbocycles. The summed E-state index contributed by atoms with van der Waals surface area (Å²) in [6.45, 7) is 3.65. The first kappa shape index (κ1) is 17.8. The number of hydrogen-bond acceptors (Lipinski definition) is 3. The van der Waals surface area contributed by atoms with Gasteiger partial charge in [-0.2, -0.15) is 0 Å². The Bertz CT molecular complexity index is 541. The summed E-state index contributed by atoms with van der Waals surface area (Å²) in [5.74, 6) is 0.816. The topological polar surface area (TPSA) is 61.4 Å². The average Bonchev–Trinajstić information content (AvgIpc) is 3.19. The minimum Gasteiger partial charge on any atom is -0.352 e. The third kappa shape index (κ3) is 4.45. The molecule has 0 aliphatic carbocycles. The fourth-order valence-electron chi connectivity index (χ4n) is 3.17. The van der Waals surface area contributed by atoms with E-state index in [9.17, 15) is 9.59 Å². The highest BCUT2D eigenvalue weighted by Gasteiger charge is 2.21. The number of carbonyl (C=O) groups is 2. The number of nitrogens with one attached hydrogen (secondary N) is 2. The van der Waals surface area contributed by atoms with Gasteiger partial charge in [-0.05, 0) is 62.5 Å². The molecule has 0 spiro atoms. The molecular weight excluding hydrogens is 314 g/mol. The summed E-state index contributed by atoms with van der Waals surface area (Å²) in [5, 5.41) is 6.31. The van der Waals surface area contributed by atoms with Gasteiger partial charge in [-0.15, -0.1) is 12.4 Å². The van der Waals surface area contributed by atoms with Crippen LogP contribution < -0.4 is 15.5 Å². The van der Waals surface area contributed by atoms with Crippen molar-refractivity contribution in [2.75, 3.05) is 31.1 Å². The monoisotopic (exact) mass is 337 g/mol. The second-order valence-corrected chi connectivity index (χ2v) is 6.10. The van der Waals surface area contributed by atoms with Crippen molar-refractivity contribution in [2.24, 2.45) is 5.92 Å². The molecule has 2 aliphatic heterocycles. The summed E-state index contributed by atoms with van der Waals surface area (Å²) in [6.07, 6.45) is 3.77. The Balaban J connectivity index is 0.00000192. The van der Waals surface area contributed by atoms with Gasteiger partial charge in [-0.1, -0.05) is 0 Å². The first-order chi connectivity index (χ1) is 10.7. The van der Waals surface area contributed by atoms with Crippen molar-refractivity contribution >= 4 is 29.9 Å². The second kappa shape index (κ2) is 8.31. The van der Waals surface area contributed by atoms with E-state index in [1.807, 2.05) is 12.1 Å². The fraction of sp³-hybridized carbons (Fsp3) is 0.529. The largest absolute Gasteiger partial charge is 0.352 e. The Morgan fingerprint density at radius 3 is 2.70 bits per heavy atom. The van der Waals surface area contributed by atoms with E-state index in [1.54, 1.807) is 17.0 Å². The first-order valence-electron chi connectivity index (χ1n) is 8.13. The molecule has 2 heterocycles. The molecular formula is C17H24ClN3O2. The van der Waals surface area contributed by atoms with E-state index >= 15 is 0 Å². The van der Waals surface area contributed by atoms with Crippen LogP contribution in [-0.2, 0) is 4.79 Å². The summed E-state index contributed by atoms with van der Waals surface area (Å²) in [6, 6.07) is 7.32. The molecule has 0 aromatic heterocycles. The van der Waals surface area contributed by atoms with Crippen molar-refractivity contribution in [3.8, 4) is 0 Å². The zero-order valence-electron chi connectivity index (χ0n) is 13.2. The smallest absolute Gasteiger partial charge is 0.251 e. The lowest BCUT2D eigenvalue weighted by atomic mass is 10.1. The summed E-state index contributed by atoms with van der Waals surface area (Å²) >= 11 is 0. The van der Waals surface area contributed by atoms with Crippen LogP contribution in [0.3, 0.4) is 0 Å². The van der Waals surface area contributed by atoms with Crippen LogP contribution in [0.15, 0.2) is 24.3 Å². The number of amides is 2. The average molecular weight is 338 g/mol. The number of anilines is 1. The minimum absolute atomic E-state index is 0.